The average Bonchev–Trinajstić information content (AvgIpc) is 3.03. The highest BCUT2D eigenvalue weighted by Gasteiger charge is 2.25. The van der Waals surface area contributed by atoms with Crippen molar-refractivity contribution in [2.75, 3.05) is 7.11 Å². The summed E-state index contributed by atoms with van der Waals surface area (Å²) >= 11 is 0. The van der Waals surface area contributed by atoms with Crippen LogP contribution in [0.25, 0.3) is 6.08 Å². The van der Waals surface area contributed by atoms with E-state index < -0.39 is 5.97 Å². The van der Waals surface area contributed by atoms with Crippen LogP contribution in [0.5, 0.6) is 5.75 Å². The zero-order valence-electron chi connectivity index (χ0n) is 13.5. The maximum Gasteiger partial charge on any atom is 0.363 e. The van der Waals surface area contributed by atoms with Crippen molar-refractivity contribution in [3.63, 3.8) is 0 Å². The first kappa shape index (κ1) is 15.0. The lowest BCUT2D eigenvalue weighted by molar-refractivity contribution is -0.129. The predicted molar refractivity (Wildman–Crippen MR) is 86.3 cm³/mol. The van der Waals surface area contributed by atoms with Gasteiger partial charge in [0.25, 0.3) is 0 Å². The molecule has 0 atom stereocenters. The molecule has 1 aliphatic rings. The molecule has 2 heterocycles. The van der Waals surface area contributed by atoms with Crippen LogP contribution in [0.1, 0.15) is 22.5 Å². The Morgan fingerprint density at radius 3 is 2.74 bits per heavy atom. The molecule has 0 unspecified atom stereocenters. The smallest absolute Gasteiger partial charge is 0.363 e. The number of rotatable bonds is 3. The zero-order chi connectivity index (χ0) is 16.6. The molecule has 6 heteroatoms. The monoisotopic (exact) mass is 311 g/mol. The molecule has 3 rings (SSSR count). The van der Waals surface area contributed by atoms with Gasteiger partial charge in [-0.15, -0.1) is 0 Å². The van der Waals surface area contributed by atoms with Crippen molar-refractivity contribution in [3.8, 4) is 5.75 Å². The molecule has 0 fully saturated rings. The van der Waals surface area contributed by atoms with E-state index in [0.717, 1.165) is 17.0 Å². The van der Waals surface area contributed by atoms with Crippen LogP contribution in [0.3, 0.4) is 0 Å². The summed E-state index contributed by atoms with van der Waals surface area (Å²) in [6.45, 7) is 3.84. The number of hydrogen-bond acceptors (Lipinski definition) is 5. The standard InChI is InChI=1S/C17H17N3O3/c1-10-14(11(2)20(3)19-10)9-15-17(21)23-16(18-15)12-6-5-7-13(8-12)22-4/h5-9H,1-4H3/b15-9-. The fraction of sp³-hybridized carbons (Fsp3) is 0.235. The molecule has 0 saturated carbocycles. The summed E-state index contributed by atoms with van der Waals surface area (Å²) in [5.41, 5.74) is 3.65. The van der Waals surface area contributed by atoms with E-state index in [9.17, 15) is 4.79 Å². The molecule has 0 aliphatic carbocycles. The van der Waals surface area contributed by atoms with Gasteiger partial charge in [0.1, 0.15) is 5.75 Å². The molecule has 0 amide bonds. The number of hydrogen-bond donors (Lipinski definition) is 0. The summed E-state index contributed by atoms with van der Waals surface area (Å²) in [4.78, 5) is 16.4. The number of aromatic nitrogens is 2. The van der Waals surface area contributed by atoms with Crippen molar-refractivity contribution in [3.05, 3.63) is 52.5 Å². The molecule has 118 valence electrons. The maximum atomic E-state index is 12.1. The lowest BCUT2D eigenvalue weighted by atomic mass is 10.1. The molecule has 23 heavy (non-hydrogen) atoms. The van der Waals surface area contributed by atoms with Gasteiger partial charge < -0.3 is 9.47 Å². The van der Waals surface area contributed by atoms with Gasteiger partial charge in [0.2, 0.25) is 5.90 Å². The van der Waals surface area contributed by atoms with Gasteiger partial charge in [0, 0.05) is 23.9 Å². The molecular formula is C17H17N3O3. The number of methoxy groups -OCH3 is 1. The molecule has 2 aromatic rings. The Labute approximate surface area is 134 Å². The van der Waals surface area contributed by atoms with Crippen LogP contribution in [-0.2, 0) is 16.6 Å². The highest BCUT2D eigenvalue weighted by Crippen LogP contribution is 2.23. The van der Waals surface area contributed by atoms with Crippen LogP contribution in [0, 0.1) is 13.8 Å². The molecule has 0 saturated heterocycles. The maximum absolute atomic E-state index is 12.1. The van der Waals surface area contributed by atoms with Gasteiger partial charge in [-0.1, -0.05) is 6.07 Å². The summed E-state index contributed by atoms with van der Waals surface area (Å²) < 4.78 is 12.2. The van der Waals surface area contributed by atoms with Crippen LogP contribution in [-0.4, -0.2) is 28.8 Å². The number of nitrogens with zero attached hydrogens (tertiary/aromatic N) is 3. The van der Waals surface area contributed by atoms with Gasteiger partial charge in [0.05, 0.1) is 12.8 Å². The summed E-state index contributed by atoms with van der Waals surface area (Å²) in [7, 11) is 3.45. The Bertz CT molecular complexity index is 847. The minimum absolute atomic E-state index is 0.266. The largest absolute Gasteiger partial charge is 0.497 e. The second-order valence-corrected chi connectivity index (χ2v) is 5.28. The Kier molecular flexibility index (Phi) is 3.73. The second-order valence-electron chi connectivity index (χ2n) is 5.28. The van der Waals surface area contributed by atoms with Crippen molar-refractivity contribution >= 4 is 17.9 Å². The van der Waals surface area contributed by atoms with Crippen LogP contribution < -0.4 is 4.74 Å². The number of esters is 1. The Morgan fingerprint density at radius 1 is 1.30 bits per heavy atom. The number of ether oxygens (including phenoxy) is 2. The number of cyclic esters (lactones) is 1. The summed E-state index contributed by atoms with van der Waals surface area (Å²) in [5.74, 6) is 0.488. The number of carbonyl (C=O) groups excluding carboxylic acids is 1. The minimum atomic E-state index is -0.467. The lowest BCUT2D eigenvalue weighted by Crippen LogP contribution is -2.05. The SMILES string of the molecule is COc1cccc(C2=N/C(=C\c3c(C)nn(C)c3C)C(=O)O2)c1. The van der Waals surface area contributed by atoms with Crippen molar-refractivity contribution in [2.24, 2.45) is 12.0 Å². The molecule has 1 aromatic carbocycles. The van der Waals surface area contributed by atoms with Crippen molar-refractivity contribution < 1.29 is 14.3 Å². The summed E-state index contributed by atoms with van der Waals surface area (Å²) in [5, 5.41) is 4.33. The lowest BCUT2D eigenvalue weighted by Gasteiger charge is -2.02. The first-order chi connectivity index (χ1) is 11.0. The van der Waals surface area contributed by atoms with E-state index in [1.54, 1.807) is 23.9 Å². The summed E-state index contributed by atoms with van der Waals surface area (Å²) in [6.07, 6.45) is 1.72. The normalized spacial score (nSPS) is 15.7. The van der Waals surface area contributed by atoms with Crippen LogP contribution in [0.15, 0.2) is 35.0 Å². The van der Waals surface area contributed by atoms with Crippen molar-refractivity contribution in [2.45, 2.75) is 13.8 Å². The Morgan fingerprint density at radius 2 is 2.09 bits per heavy atom. The first-order valence-electron chi connectivity index (χ1n) is 7.17. The van der Waals surface area contributed by atoms with Crippen LogP contribution in [0.2, 0.25) is 0 Å². The minimum Gasteiger partial charge on any atom is -0.497 e. The third-order valence-corrected chi connectivity index (χ3v) is 3.78. The van der Waals surface area contributed by atoms with Gasteiger partial charge in [-0.25, -0.2) is 9.79 Å². The quantitative estimate of drug-likeness (QED) is 0.645. The molecule has 0 N–H and O–H groups in total. The van der Waals surface area contributed by atoms with Gasteiger partial charge in [-0.2, -0.15) is 5.10 Å². The van der Waals surface area contributed by atoms with Gasteiger partial charge in [0.15, 0.2) is 5.70 Å². The summed E-state index contributed by atoms with van der Waals surface area (Å²) in [6, 6.07) is 7.23. The molecule has 0 radical (unpaired) electrons. The molecule has 0 bridgehead atoms. The fourth-order valence-corrected chi connectivity index (χ4v) is 2.42. The molecule has 1 aromatic heterocycles. The second kappa shape index (κ2) is 5.72. The van der Waals surface area contributed by atoms with Crippen molar-refractivity contribution in [1.82, 2.24) is 9.78 Å². The number of aliphatic imine (C=N–C) groups is 1. The topological polar surface area (TPSA) is 65.7 Å². The van der Waals surface area contributed by atoms with Crippen molar-refractivity contribution in [1.29, 1.82) is 0 Å². The van der Waals surface area contributed by atoms with E-state index in [-0.39, 0.29) is 11.6 Å². The molecular weight excluding hydrogens is 294 g/mol. The number of carbonyl (C=O) groups is 1. The fourth-order valence-electron chi connectivity index (χ4n) is 2.42. The van der Waals surface area contributed by atoms with Gasteiger partial charge in [-0.3, -0.25) is 4.68 Å². The first-order valence-corrected chi connectivity index (χ1v) is 7.17. The molecule has 6 nitrogen and oxygen atoms in total. The van der Waals surface area contributed by atoms with Crippen LogP contribution in [0.4, 0.5) is 0 Å². The number of benzene rings is 1. The van der Waals surface area contributed by atoms with E-state index in [2.05, 4.69) is 10.1 Å². The van der Waals surface area contributed by atoms with Gasteiger partial charge >= 0.3 is 5.97 Å². The van der Waals surface area contributed by atoms with E-state index >= 15 is 0 Å². The van der Waals surface area contributed by atoms with E-state index in [1.165, 1.54) is 0 Å². The van der Waals surface area contributed by atoms with Gasteiger partial charge in [-0.05, 0) is 38.1 Å². The Hall–Kier alpha value is -2.89. The number of aryl methyl sites for hydroxylation is 2. The third kappa shape index (κ3) is 2.75. The van der Waals surface area contributed by atoms with Crippen LogP contribution >= 0.6 is 0 Å². The molecule has 1 aliphatic heterocycles. The van der Waals surface area contributed by atoms with E-state index in [1.807, 2.05) is 39.1 Å². The highest BCUT2D eigenvalue weighted by atomic mass is 16.6. The zero-order valence-corrected chi connectivity index (χ0v) is 13.5. The third-order valence-electron chi connectivity index (χ3n) is 3.78. The average molecular weight is 311 g/mol. The highest BCUT2D eigenvalue weighted by molar-refractivity contribution is 6.13. The predicted octanol–water partition coefficient (Wildman–Crippen LogP) is 2.39. The Balaban J connectivity index is 1.99. The van der Waals surface area contributed by atoms with E-state index in [0.29, 0.717) is 11.3 Å². The van der Waals surface area contributed by atoms with E-state index in [4.69, 9.17) is 9.47 Å². The molecule has 0 spiro atoms.